The topological polar surface area (TPSA) is 117 Å². The number of aryl methyl sites for hydroxylation is 1. The molecule has 1 saturated heterocycles. The summed E-state index contributed by atoms with van der Waals surface area (Å²) in [4.78, 5) is 37.2. The van der Waals surface area contributed by atoms with Crippen LogP contribution in [0.4, 0.5) is 10.6 Å². The number of carbonyl (C=O) groups excluding carboxylic acids is 2. The molecule has 2 heterocycles. The quantitative estimate of drug-likeness (QED) is 0.728. The van der Waals surface area contributed by atoms with Gasteiger partial charge in [-0.2, -0.15) is 5.10 Å². The van der Waals surface area contributed by atoms with E-state index in [0.717, 1.165) is 12.0 Å². The zero-order valence-corrected chi connectivity index (χ0v) is 14.9. The van der Waals surface area contributed by atoms with Gasteiger partial charge in [-0.15, -0.1) is 0 Å². The summed E-state index contributed by atoms with van der Waals surface area (Å²) in [5.41, 5.74) is 0.950. The number of hydrogen-bond acceptors (Lipinski definition) is 4. The number of carboxylic acid groups (broad SMARTS) is 1. The molecule has 0 radical (unpaired) electrons. The first-order valence-electron chi connectivity index (χ1n) is 8.61. The Morgan fingerprint density at radius 1 is 1.26 bits per heavy atom. The van der Waals surface area contributed by atoms with Crippen LogP contribution in [-0.4, -0.2) is 45.4 Å². The fourth-order valence-corrected chi connectivity index (χ4v) is 2.94. The molecule has 1 aromatic heterocycles. The summed E-state index contributed by atoms with van der Waals surface area (Å²) in [6.07, 6.45) is 3.11. The number of hydrogen-bond donors (Lipinski definition) is 3. The lowest BCUT2D eigenvalue weighted by Gasteiger charge is -2.31. The summed E-state index contributed by atoms with van der Waals surface area (Å²) in [6, 6.07) is 6.95. The molecule has 0 saturated carbocycles. The molecule has 3 amide bonds. The fourth-order valence-electron chi connectivity index (χ4n) is 2.94. The molecule has 1 unspecified atom stereocenters. The van der Waals surface area contributed by atoms with Gasteiger partial charge in [0.15, 0.2) is 5.82 Å². The second-order valence-electron chi connectivity index (χ2n) is 6.36. The highest BCUT2D eigenvalue weighted by Gasteiger charge is 2.31. The number of rotatable bonds is 5. The van der Waals surface area contributed by atoms with E-state index < -0.39 is 18.0 Å². The second-order valence-corrected chi connectivity index (χ2v) is 6.36. The van der Waals surface area contributed by atoms with Gasteiger partial charge in [0.05, 0.1) is 5.56 Å². The van der Waals surface area contributed by atoms with Crippen LogP contribution in [0, 0.1) is 0 Å². The number of nitrogens with one attached hydrogen (secondary N) is 2. The molecule has 1 aliphatic rings. The zero-order chi connectivity index (χ0) is 19.4. The summed E-state index contributed by atoms with van der Waals surface area (Å²) in [5.74, 6) is -0.602. The predicted molar refractivity (Wildman–Crippen MR) is 97.4 cm³/mol. The predicted octanol–water partition coefficient (Wildman–Crippen LogP) is 1.11. The van der Waals surface area contributed by atoms with Crippen LogP contribution in [0.5, 0.6) is 0 Å². The standard InChI is InChI=1S/C18H21N5O4/c1-22-10-8-15(21-22)23-9-2-3-14(16(23)24)20-18(27)19-11-12-4-6-13(7-5-12)17(25)26/h4-8,10,14H,2-3,9,11H2,1H3,(H,25,26)(H2,19,20,27). The zero-order valence-electron chi connectivity index (χ0n) is 14.9. The molecule has 1 aromatic carbocycles. The Kier molecular flexibility index (Phi) is 5.39. The summed E-state index contributed by atoms with van der Waals surface area (Å²) in [6.45, 7) is 0.808. The molecule has 1 atom stereocenters. The number of piperidine rings is 1. The highest BCUT2D eigenvalue weighted by molar-refractivity contribution is 5.99. The Labute approximate surface area is 156 Å². The molecule has 0 spiro atoms. The molecule has 3 rings (SSSR count). The average Bonchev–Trinajstić information content (AvgIpc) is 3.08. The largest absolute Gasteiger partial charge is 0.478 e. The molecule has 3 N–H and O–H groups in total. The van der Waals surface area contributed by atoms with Gasteiger partial charge < -0.3 is 15.7 Å². The number of anilines is 1. The van der Waals surface area contributed by atoms with Crippen LogP contribution in [-0.2, 0) is 18.4 Å². The number of benzene rings is 1. The Bertz CT molecular complexity index is 846. The molecule has 1 aliphatic heterocycles. The minimum atomic E-state index is -1.000. The monoisotopic (exact) mass is 371 g/mol. The van der Waals surface area contributed by atoms with Crippen molar-refractivity contribution in [3.63, 3.8) is 0 Å². The Morgan fingerprint density at radius 2 is 2.00 bits per heavy atom. The number of aromatic nitrogens is 2. The maximum Gasteiger partial charge on any atom is 0.335 e. The third kappa shape index (κ3) is 4.43. The van der Waals surface area contributed by atoms with Crippen molar-refractivity contribution in [1.29, 1.82) is 0 Å². The minimum absolute atomic E-state index is 0.180. The Balaban J connectivity index is 1.53. The Morgan fingerprint density at radius 3 is 2.63 bits per heavy atom. The SMILES string of the molecule is Cn1ccc(N2CCCC(NC(=O)NCc3ccc(C(=O)O)cc3)C2=O)n1. The van der Waals surface area contributed by atoms with Crippen molar-refractivity contribution in [2.24, 2.45) is 7.05 Å². The van der Waals surface area contributed by atoms with Gasteiger partial charge in [0.1, 0.15) is 6.04 Å². The van der Waals surface area contributed by atoms with Gasteiger partial charge in [0.2, 0.25) is 0 Å². The van der Waals surface area contributed by atoms with E-state index >= 15 is 0 Å². The van der Waals surface area contributed by atoms with Crippen LogP contribution in [0.15, 0.2) is 36.5 Å². The van der Waals surface area contributed by atoms with Crippen molar-refractivity contribution in [1.82, 2.24) is 20.4 Å². The van der Waals surface area contributed by atoms with E-state index in [-0.39, 0.29) is 18.0 Å². The van der Waals surface area contributed by atoms with E-state index in [2.05, 4.69) is 15.7 Å². The van der Waals surface area contributed by atoms with Crippen molar-refractivity contribution in [2.75, 3.05) is 11.4 Å². The lowest BCUT2D eigenvalue weighted by atomic mass is 10.1. The molecule has 9 nitrogen and oxygen atoms in total. The fraction of sp³-hybridized carbons (Fsp3) is 0.333. The van der Waals surface area contributed by atoms with Gasteiger partial charge in [-0.3, -0.25) is 14.4 Å². The maximum absolute atomic E-state index is 12.6. The van der Waals surface area contributed by atoms with Crippen LogP contribution in [0.3, 0.4) is 0 Å². The van der Waals surface area contributed by atoms with Crippen LogP contribution in [0.1, 0.15) is 28.8 Å². The lowest BCUT2D eigenvalue weighted by molar-refractivity contribution is -0.121. The number of nitrogens with zero attached hydrogens (tertiary/aromatic N) is 3. The molecule has 27 heavy (non-hydrogen) atoms. The number of aromatic carboxylic acids is 1. The molecule has 9 heteroatoms. The first-order chi connectivity index (χ1) is 12.9. The number of carboxylic acids is 1. The normalized spacial score (nSPS) is 16.9. The van der Waals surface area contributed by atoms with Gasteiger partial charge in [-0.05, 0) is 30.5 Å². The first-order valence-corrected chi connectivity index (χ1v) is 8.61. The molecule has 0 bridgehead atoms. The minimum Gasteiger partial charge on any atom is -0.478 e. The van der Waals surface area contributed by atoms with Crippen molar-refractivity contribution < 1.29 is 19.5 Å². The summed E-state index contributed by atoms with van der Waals surface area (Å²) >= 11 is 0. The molecule has 142 valence electrons. The molecular formula is C18H21N5O4. The van der Waals surface area contributed by atoms with Gasteiger partial charge in [0.25, 0.3) is 5.91 Å². The van der Waals surface area contributed by atoms with Gasteiger partial charge in [-0.25, -0.2) is 9.59 Å². The van der Waals surface area contributed by atoms with Crippen molar-refractivity contribution in [3.05, 3.63) is 47.7 Å². The van der Waals surface area contributed by atoms with E-state index in [9.17, 15) is 14.4 Å². The summed E-state index contributed by atoms with van der Waals surface area (Å²) < 4.78 is 1.63. The molecule has 1 fully saturated rings. The highest BCUT2D eigenvalue weighted by atomic mass is 16.4. The number of carbonyl (C=O) groups is 3. The van der Waals surface area contributed by atoms with Crippen LogP contribution >= 0.6 is 0 Å². The number of amides is 3. The average molecular weight is 371 g/mol. The van der Waals surface area contributed by atoms with E-state index in [1.165, 1.54) is 12.1 Å². The molecular weight excluding hydrogens is 350 g/mol. The van der Waals surface area contributed by atoms with Crippen molar-refractivity contribution in [2.45, 2.75) is 25.4 Å². The molecule has 2 aromatic rings. The lowest BCUT2D eigenvalue weighted by Crippen LogP contribution is -2.54. The van der Waals surface area contributed by atoms with Crippen molar-refractivity contribution in [3.8, 4) is 0 Å². The van der Waals surface area contributed by atoms with Crippen molar-refractivity contribution >= 4 is 23.7 Å². The third-order valence-corrected chi connectivity index (χ3v) is 4.37. The smallest absolute Gasteiger partial charge is 0.335 e. The maximum atomic E-state index is 12.6. The summed E-state index contributed by atoms with van der Waals surface area (Å²) in [5, 5.41) is 18.5. The van der Waals surface area contributed by atoms with Gasteiger partial charge in [-0.1, -0.05) is 12.1 Å². The van der Waals surface area contributed by atoms with E-state index in [1.807, 2.05) is 0 Å². The Hall–Kier alpha value is -3.36. The van der Waals surface area contributed by atoms with Crippen LogP contribution < -0.4 is 15.5 Å². The second kappa shape index (κ2) is 7.90. The van der Waals surface area contributed by atoms with Crippen LogP contribution in [0.2, 0.25) is 0 Å². The van der Waals surface area contributed by atoms with E-state index in [0.29, 0.717) is 18.8 Å². The van der Waals surface area contributed by atoms with E-state index in [1.54, 1.807) is 41.0 Å². The van der Waals surface area contributed by atoms with E-state index in [4.69, 9.17) is 5.11 Å². The summed E-state index contributed by atoms with van der Waals surface area (Å²) in [7, 11) is 1.78. The highest BCUT2D eigenvalue weighted by Crippen LogP contribution is 2.19. The third-order valence-electron chi connectivity index (χ3n) is 4.37. The van der Waals surface area contributed by atoms with Gasteiger partial charge in [0, 0.05) is 32.4 Å². The first kappa shape index (κ1) is 18.4. The van der Waals surface area contributed by atoms with Crippen LogP contribution in [0.25, 0.3) is 0 Å². The van der Waals surface area contributed by atoms with Gasteiger partial charge >= 0.3 is 12.0 Å². The molecule has 0 aliphatic carbocycles. The number of urea groups is 1.